The van der Waals surface area contributed by atoms with Crippen LogP contribution in [0.15, 0.2) is 24.3 Å². The Morgan fingerprint density at radius 3 is 2.90 bits per heavy atom. The van der Waals surface area contributed by atoms with Crippen molar-refractivity contribution in [1.29, 1.82) is 0 Å². The predicted octanol–water partition coefficient (Wildman–Crippen LogP) is 1.95. The van der Waals surface area contributed by atoms with E-state index in [4.69, 9.17) is 5.11 Å². The summed E-state index contributed by atoms with van der Waals surface area (Å²) in [6.45, 7) is 6.84. The Labute approximate surface area is 128 Å². The van der Waals surface area contributed by atoms with Gasteiger partial charge in [0.05, 0.1) is 6.61 Å². The van der Waals surface area contributed by atoms with Crippen LogP contribution < -0.4 is 0 Å². The first-order valence-electron chi connectivity index (χ1n) is 7.81. The highest BCUT2D eigenvalue weighted by Crippen LogP contribution is 2.16. The zero-order valence-corrected chi connectivity index (χ0v) is 13.2. The quantitative estimate of drug-likeness (QED) is 0.860. The van der Waals surface area contributed by atoms with Crippen molar-refractivity contribution in [3.63, 3.8) is 0 Å². The number of rotatable bonds is 3. The van der Waals surface area contributed by atoms with Gasteiger partial charge in [0, 0.05) is 37.7 Å². The maximum absolute atomic E-state index is 8.85. The van der Waals surface area contributed by atoms with Crippen molar-refractivity contribution in [3.8, 4) is 11.8 Å². The molecule has 1 unspecified atom stereocenters. The molecule has 2 rings (SSSR count). The topological polar surface area (TPSA) is 26.7 Å². The minimum atomic E-state index is 0.130. The summed E-state index contributed by atoms with van der Waals surface area (Å²) in [6.07, 6.45) is 1.76. The largest absolute Gasteiger partial charge is 0.395 e. The van der Waals surface area contributed by atoms with E-state index in [0.29, 0.717) is 12.5 Å². The summed E-state index contributed by atoms with van der Waals surface area (Å²) in [5, 5.41) is 8.85. The molecule has 3 nitrogen and oxygen atoms in total. The van der Waals surface area contributed by atoms with Crippen molar-refractivity contribution in [2.24, 2.45) is 0 Å². The summed E-state index contributed by atoms with van der Waals surface area (Å²) < 4.78 is 0. The van der Waals surface area contributed by atoms with E-state index in [1.54, 1.807) is 0 Å². The van der Waals surface area contributed by atoms with Crippen molar-refractivity contribution < 1.29 is 5.11 Å². The van der Waals surface area contributed by atoms with Gasteiger partial charge in [-0.05, 0) is 38.6 Å². The van der Waals surface area contributed by atoms with Gasteiger partial charge >= 0.3 is 0 Å². The molecule has 0 amide bonds. The molecule has 0 aromatic heterocycles. The Bertz CT molecular complexity index is 503. The van der Waals surface area contributed by atoms with Gasteiger partial charge in [0.2, 0.25) is 0 Å². The van der Waals surface area contributed by atoms with E-state index < -0.39 is 0 Å². The lowest BCUT2D eigenvalue weighted by atomic mass is 10.1. The molecule has 1 aromatic rings. The summed E-state index contributed by atoms with van der Waals surface area (Å²) in [5.74, 6) is 6.23. The van der Waals surface area contributed by atoms with Gasteiger partial charge in [0.1, 0.15) is 0 Å². The van der Waals surface area contributed by atoms with E-state index in [1.165, 1.54) is 18.5 Å². The minimum Gasteiger partial charge on any atom is -0.395 e. The third-order valence-electron chi connectivity index (χ3n) is 4.04. The molecule has 1 saturated heterocycles. The molecule has 1 aliphatic rings. The van der Waals surface area contributed by atoms with Gasteiger partial charge in [0.25, 0.3) is 0 Å². The molecule has 1 aliphatic heterocycles. The third-order valence-corrected chi connectivity index (χ3v) is 4.04. The minimum absolute atomic E-state index is 0.130. The molecule has 21 heavy (non-hydrogen) atoms. The second kappa shape index (κ2) is 8.19. The number of aliphatic hydroxyl groups excluding tert-OH is 1. The van der Waals surface area contributed by atoms with Crippen LogP contribution >= 0.6 is 0 Å². The first kappa shape index (κ1) is 16.0. The van der Waals surface area contributed by atoms with Gasteiger partial charge in [-0.2, -0.15) is 0 Å². The van der Waals surface area contributed by atoms with Crippen LogP contribution in [0, 0.1) is 11.8 Å². The molecule has 1 atom stereocenters. The van der Waals surface area contributed by atoms with E-state index in [0.717, 1.165) is 25.2 Å². The molecule has 114 valence electrons. The SMILES string of the molecule is CC1CN(C)CCCN1Cc1ccccc1C#CCCO. The Kier molecular flexibility index (Phi) is 6.25. The smallest absolute Gasteiger partial charge is 0.0540 e. The van der Waals surface area contributed by atoms with Crippen LogP contribution in [0.3, 0.4) is 0 Å². The number of nitrogens with zero attached hydrogens (tertiary/aromatic N) is 2. The summed E-state index contributed by atoms with van der Waals surface area (Å²) in [5.41, 5.74) is 2.38. The van der Waals surface area contributed by atoms with E-state index in [9.17, 15) is 0 Å². The van der Waals surface area contributed by atoms with Crippen LogP contribution in [0.4, 0.5) is 0 Å². The van der Waals surface area contributed by atoms with Crippen LogP contribution in [0.25, 0.3) is 0 Å². The fourth-order valence-corrected chi connectivity index (χ4v) is 2.87. The van der Waals surface area contributed by atoms with Gasteiger partial charge < -0.3 is 10.0 Å². The zero-order chi connectivity index (χ0) is 15.1. The number of hydrogen-bond donors (Lipinski definition) is 1. The standard InChI is InChI=1S/C18H26N2O/c1-16-14-19(2)11-7-12-20(16)15-18-10-4-3-8-17(18)9-5-6-13-21/h3-4,8,10,16,21H,6-7,11-15H2,1-2H3. The van der Waals surface area contributed by atoms with Crippen molar-refractivity contribution >= 4 is 0 Å². The maximum atomic E-state index is 8.85. The second-order valence-electron chi connectivity index (χ2n) is 5.87. The lowest BCUT2D eigenvalue weighted by Gasteiger charge is -2.28. The number of aliphatic hydroxyl groups is 1. The van der Waals surface area contributed by atoms with E-state index in [-0.39, 0.29) is 6.61 Å². The molecule has 1 N–H and O–H groups in total. The molecular formula is C18H26N2O. The zero-order valence-electron chi connectivity index (χ0n) is 13.2. The van der Waals surface area contributed by atoms with Crippen molar-refractivity contribution in [2.75, 3.05) is 33.3 Å². The maximum Gasteiger partial charge on any atom is 0.0540 e. The third kappa shape index (κ3) is 4.86. The first-order chi connectivity index (χ1) is 10.2. The molecule has 0 saturated carbocycles. The Morgan fingerprint density at radius 2 is 2.10 bits per heavy atom. The first-order valence-corrected chi connectivity index (χ1v) is 7.81. The molecule has 0 aliphatic carbocycles. The molecule has 0 spiro atoms. The molecule has 1 heterocycles. The summed E-state index contributed by atoms with van der Waals surface area (Å²) in [4.78, 5) is 4.97. The Balaban J connectivity index is 2.10. The summed E-state index contributed by atoms with van der Waals surface area (Å²) in [6, 6.07) is 8.93. The van der Waals surface area contributed by atoms with Crippen LogP contribution in [0.1, 0.15) is 30.9 Å². The van der Waals surface area contributed by atoms with Crippen LogP contribution in [-0.4, -0.2) is 54.2 Å². The predicted molar refractivity (Wildman–Crippen MR) is 87.0 cm³/mol. The van der Waals surface area contributed by atoms with E-state index in [2.05, 4.69) is 53.8 Å². The summed E-state index contributed by atoms with van der Waals surface area (Å²) in [7, 11) is 2.20. The van der Waals surface area contributed by atoms with Crippen molar-refractivity contribution in [3.05, 3.63) is 35.4 Å². The summed E-state index contributed by atoms with van der Waals surface area (Å²) >= 11 is 0. The fraction of sp³-hybridized carbons (Fsp3) is 0.556. The van der Waals surface area contributed by atoms with E-state index >= 15 is 0 Å². The van der Waals surface area contributed by atoms with Crippen molar-refractivity contribution in [2.45, 2.75) is 32.4 Å². The fourth-order valence-electron chi connectivity index (χ4n) is 2.87. The molecule has 0 radical (unpaired) electrons. The van der Waals surface area contributed by atoms with Gasteiger partial charge in [-0.15, -0.1) is 0 Å². The van der Waals surface area contributed by atoms with Gasteiger partial charge in [0.15, 0.2) is 0 Å². The number of benzene rings is 1. The Morgan fingerprint density at radius 1 is 1.29 bits per heavy atom. The molecule has 0 bridgehead atoms. The van der Waals surface area contributed by atoms with Gasteiger partial charge in [-0.1, -0.05) is 30.0 Å². The molecular weight excluding hydrogens is 260 g/mol. The number of hydrogen-bond acceptors (Lipinski definition) is 3. The van der Waals surface area contributed by atoms with Gasteiger partial charge in [-0.25, -0.2) is 0 Å². The van der Waals surface area contributed by atoms with Crippen LogP contribution in [0.2, 0.25) is 0 Å². The van der Waals surface area contributed by atoms with Gasteiger partial charge in [-0.3, -0.25) is 4.90 Å². The molecule has 1 aromatic carbocycles. The Hall–Kier alpha value is -1.34. The monoisotopic (exact) mass is 286 g/mol. The average molecular weight is 286 g/mol. The van der Waals surface area contributed by atoms with Crippen LogP contribution in [-0.2, 0) is 6.54 Å². The average Bonchev–Trinajstić information content (AvgIpc) is 2.62. The van der Waals surface area contributed by atoms with Crippen molar-refractivity contribution in [1.82, 2.24) is 9.80 Å². The van der Waals surface area contributed by atoms with E-state index in [1.807, 2.05) is 6.07 Å². The lowest BCUT2D eigenvalue weighted by molar-refractivity contribution is 0.194. The lowest BCUT2D eigenvalue weighted by Crippen LogP contribution is -2.37. The van der Waals surface area contributed by atoms with Crippen LogP contribution in [0.5, 0.6) is 0 Å². The highest BCUT2D eigenvalue weighted by atomic mass is 16.2. The normalized spacial score (nSPS) is 20.6. The second-order valence-corrected chi connectivity index (χ2v) is 5.87. The number of likely N-dealkylation sites (N-methyl/N-ethyl adjacent to an activating group) is 1. The molecule has 3 heteroatoms. The highest BCUT2D eigenvalue weighted by Gasteiger charge is 2.20. The molecule has 1 fully saturated rings. The highest BCUT2D eigenvalue weighted by molar-refractivity contribution is 5.41.